The Morgan fingerprint density at radius 2 is 1.69 bits per heavy atom. The van der Waals surface area contributed by atoms with E-state index in [1.807, 2.05) is 0 Å². The van der Waals surface area contributed by atoms with Gasteiger partial charge in [0.25, 0.3) is 5.91 Å². The lowest BCUT2D eigenvalue weighted by Crippen LogP contribution is -2.46. The highest BCUT2D eigenvalue weighted by atomic mass is 35.5. The van der Waals surface area contributed by atoms with Crippen molar-refractivity contribution in [3.63, 3.8) is 0 Å². The van der Waals surface area contributed by atoms with Gasteiger partial charge in [0, 0.05) is 23.6 Å². The van der Waals surface area contributed by atoms with Crippen LogP contribution < -0.4 is 10.6 Å². The van der Waals surface area contributed by atoms with E-state index in [4.69, 9.17) is 34.8 Å². The quantitative estimate of drug-likeness (QED) is 0.217. The molecule has 2 aromatic carbocycles. The SMILES string of the molecule is O=C(NCC(F)(F)C(F)(F)F)c1cc(NC(O)C2C(c3ccc(F)c(Cl)c3)C2(Cl)Cl)cc(F)c1F. The van der Waals surface area contributed by atoms with Crippen LogP contribution in [0.2, 0.25) is 5.02 Å². The number of nitrogens with one attached hydrogen (secondary N) is 2. The third kappa shape index (κ3) is 5.55. The van der Waals surface area contributed by atoms with Crippen LogP contribution >= 0.6 is 34.8 Å². The largest absolute Gasteiger partial charge is 0.455 e. The van der Waals surface area contributed by atoms with Crippen LogP contribution in [0.1, 0.15) is 21.8 Å². The molecule has 0 spiro atoms. The van der Waals surface area contributed by atoms with Gasteiger partial charge < -0.3 is 15.7 Å². The molecule has 0 heterocycles. The highest BCUT2D eigenvalue weighted by Gasteiger charge is 2.67. The van der Waals surface area contributed by atoms with E-state index in [0.717, 1.165) is 6.07 Å². The summed E-state index contributed by atoms with van der Waals surface area (Å²) in [5.41, 5.74) is -1.31. The number of anilines is 1. The van der Waals surface area contributed by atoms with E-state index in [1.54, 1.807) is 0 Å². The molecule has 1 aliphatic carbocycles. The molecular weight excluding hydrogens is 559 g/mol. The summed E-state index contributed by atoms with van der Waals surface area (Å²) in [4.78, 5) is 12.0. The number of carbonyl (C=O) groups excluding carboxylic acids is 1. The third-order valence-electron chi connectivity index (χ3n) is 5.23. The van der Waals surface area contributed by atoms with Crippen LogP contribution in [-0.4, -0.2) is 40.2 Å². The number of hydrogen-bond donors (Lipinski definition) is 3. The van der Waals surface area contributed by atoms with Gasteiger partial charge in [0.2, 0.25) is 0 Å². The molecule has 3 rings (SSSR count). The van der Waals surface area contributed by atoms with Gasteiger partial charge in [-0.3, -0.25) is 4.79 Å². The number of amides is 1. The number of benzene rings is 2. The molecule has 1 aliphatic rings. The number of aliphatic hydroxyl groups excluding tert-OH is 1. The Balaban J connectivity index is 1.77. The fourth-order valence-electron chi connectivity index (χ4n) is 3.36. The van der Waals surface area contributed by atoms with Crippen molar-refractivity contribution in [1.29, 1.82) is 0 Å². The maximum atomic E-state index is 14.0. The molecule has 2 aromatic rings. The fourth-order valence-corrected chi connectivity index (χ4v) is 4.44. The number of halogens is 11. The molecule has 1 saturated carbocycles. The molecular formula is C20H13Cl3F8N2O2. The fraction of sp³-hybridized carbons (Fsp3) is 0.350. The van der Waals surface area contributed by atoms with Crippen molar-refractivity contribution in [2.75, 3.05) is 11.9 Å². The van der Waals surface area contributed by atoms with E-state index in [0.29, 0.717) is 17.7 Å². The lowest BCUT2D eigenvalue weighted by molar-refractivity contribution is -0.278. The summed E-state index contributed by atoms with van der Waals surface area (Å²) in [5, 5.41) is 13.8. The zero-order valence-corrected chi connectivity index (χ0v) is 19.1. The molecule has 0 saturated heterocycles. The van der Waals surface area contributed by atoms with Gasteiger partial charge in [0.1, 0.15) is 16.4 Å². The minimum atomic E-state index is -5.98. The van der Waals surface area contributed by atoms with Gasteiger partial charge in [0.05, 0.1) is 17.1 Å². The van der Waals surface area contributed by atoms with Crippen molar-refractivity contribution < 1.29 is 45.0 Å². The molecule has 192 valence electrons. The Bertz CT molecular complexity index is 1150. The van der Waals surface area contributed by atoms with Crippen LogP contribution in [0.15, 0.2) is 30.3 Å². The predicted octanol–water partition coefficient (Wildman–Crippen LogP) is 6.00. The molecule has 1 amide bonds. The van der Waals surface area contributed by atoms with Gasteiger partial charge in [-0.25, -0.2) is 13.2 Å². The lowest BCUT2D eigenvalue weighted by atomic mass is 10.1. The highest BCUT2D eigenvalue weighted by molar-refractivity contribution is 6.52. The highest BCUT2D eigenvalue weighted by Crippen LogP contribution is 2.66. The number of aliphatic hydroxyl groups is 1. The average molecular weight is 572 g/mol. The van der Waals surface area contributed by atoms with Crippen molar-refractivity contribution in [2.45, 2.75) is 28.6 Å². The summed E-state index contributed by atoms with van der Waals surface area (Å²) in [7, 11) is 0. The van der Waals surface area contributed by atoms with E-state index in [-0.39, 0.29) is 5.02 Å². The smallest absolute Gasteiger partial charge is 0.373 e. The molecule has 4 nitrogen and oxygen atoms in total. The predicted molar refractivity (Wildman–Crippen MR) is 111 cm³/mol. The van der Waals surface area contributed by atoms with Crippen LogP contribution in [0, 0.1) is 23.4 Å². The second kappa shape index (κ2) is 9.45. The van der Waals surface area contributed by atoms with Crippen LogP contribution in [0.5, 0.6) is 0 Å². The van der Waals surface area contributed by atoms with Crippen LogP contribution in [0.4, 0.5) is 40.8 Å². The standard InChI is InChI=1S/C20H13Cl3F8N2O2/c21-10-3-7(1-2-11(10)24)13-14(19(13,22)23)17(35)33-8-4-9(15(26)12(25)5-8)16(34)32-6-18(27,28)20(29,30)31/h1-5,13-14,17,33,35H,6H2,(H,32,34). The van der Waals surface area contributed by atoms with Crippen molar-refractivity contribution in [1.82, 2.24) is 5.32 Å². The number of alkyl halides is 7. The van der Waals surface area contributed by atoms with Gasteiger partial charge in [-0.1, -0.05) is 17.7 Å². The Morgan fingerprint density at radius 1 is 1.06 bits per heavy atom. The van der Waals surface area contributed by atoms with Crippen molar-refractivity contribution in [3.8, 4) is 0 Å². The molecule has 0 radical (unpaired) electrons. The van der Waals surface area contributed by atoms with E-state index in [1.165, 1.54) is 17.4 Å². The number of hydrogen-bond acceptors (Lipinski definition) is 3. The van der Waals surface area contributed by atoms with Crippen LogP contribution in [-0.2, 0) is 0 Å². The lowest BCUT2D eigenvalue weighted by Gasteiger charge is -2.20. The van der Waals surface area contributed by atoms with Gasteiger partial charge in [-0.05, 0) is 23.8 Å². The monoisotopic (exact) mass is 570 g/mol. The first-order valence-corrected chi connectivity index (χ1v) is 10.6. The molecule has 3 N–H and O–H groups in total. The zero-order chi connectivity index (χ0) is 26.5. The van der Waals surface area contributed by atoms with Gasteiger partial charge >= 0.3 is 12.1 Å². The Hall–Kier alpha value is -2.02. The Labute approximate surface area is 207 Å². The van der Waals surface area contributed by atoms with Crippen LogP contribution in [0.25, 0.3) is 0 Å². The summed E-state index contributed by atoms with van der Waals surface area (Å²) in [5.74, 6) is -13.1. The van der Waals surface area contributed by atoms with E-state index < -0.39 is 75.7 Å². The summed E-state index contributed by atoms with van der Waals surface area (Å²) in [6.45, 7) is -2.22. The van der Waals surface area contributed by atoms with Crippen LogP contribution in [0.3, 0.4) is 0 Å². The third-order valence-corrected chi connectivity index (χ3v) is 6.49. The van der Waals surface area contributed by atoms with E-state index in [9.17, 15) is 45.0 Å². The molecule has 3 unspecified atom stereocenters. The summed E-state index contributed by atoms with van der Waals surface area (Å²) >= 11 is 18.1. The van der Waals surface area contributed by atoms with Gasteiger partial charge in [-0.15, -0.1) is 23.2 Å². The summed E-state index contributed by atoms with van der Waals surface area (Å²) in [6, 6.07) is 4.66. The summed E-state index contributed by atoms with van der Waals surface area (Å²) in [6.07, 6.45) is -7.64. The first kappa shape index (κ1) is 27.6. The maximum absolute atomic E-state index is 14.0. The minimum absolute atomic E-state index is 0.243. The molecule has 35 heavy (non-hydrogen) atoms. The second-order valence-electron chi connectivity index (χ2n) is 7.65. The first-order valence-electron chi connectivity index (χ1n) is 9.46. The first-order chi connectivity index (χ1) is 16.0. The van der Waals surface area contributed by atoms with E-state index >= 15 is 0 Å². The molecule has 0 aliphatic heterocycles. The minimum Gasteiger partial charge on any atom is -0.373 e. The van der Waals surface area contributed by atoms with Crippen molar-refractivity contribution in [3.05, 3.63) is 63.9 Å². The van der Waals surface area contributed by atoms with Crippen molar-refractivity contribution in [2.24, 2.45) is 5.92 Å². The molecule has 0 aromatic heterocycles. The molecule has 0 bridgehead atoms. The van der Waals surface area contributed by atoms with E-state index in [2.05, 4.69) is 5.32 Å². The summed E-state index contributed by atoms with van der Waals surface area (Å²) < 4.78 is 103. The van der Waals surface area contributed by atoms with Crippen molar-refractivity contribution >= 4 is 46.4 Å². The second-order valence-corrected chi connectivity index (χ2v) is 9.50. The topological polar surface area (TPSA) is 61.4 Å². The number of rotatable bonds is 7. The average Bonchev–Trinajstić information content (AvgIpc) is 3.32. The normalized spacial score (nSPS) is 20.3. The number of carbonyl (C=O) groups is 1. The van der Waals surface area contributed by atoms with Gasteiger partial charge in [0.15, 0.2) is 11.6 Å². The molecule has 15 heteroatoms. The maximum Gasteiger partial charge on any atom is 0.455 e. The molecule has 1 fully saturated rings. The Morgan fingerprint density at radius 3 is 2.26 bits per heavy atom. The van der Waals surface area contributed by atoms with Gasteiger partial charge in [-0.2, -0.15) is 22.0 Å². The molecule has 3 atom stereocenters. The Kier molecular flexibility index (Phi) is 7.45. The zero-order valence-electron chi connectivity index (χ0n) is 16.8.